The van der Waals surface area contributed by atoms with E-state index in [9.17, 15) is 47.9 Å². The molecule has 0 spiro atoms. The van der Waals surface area contributed by atoms with Crippen molar-refractivity contribution >= 4 is 59.7 Å². The summed E-state index contributed by atoms with van der Waals surface area (Å²) in [6.07, 6.45) is -11.2. The first-order valence-electron chi connectivity index (χ1n) is 39.6. The summed E-state index contributed by atoms with van der Waals surface area (Å²) in [7, 11) is 0. The number of aryl methyl sites for hydroxylation is 2. The van der Waals surface area contributed by atoms with Crippen molar-refractivity contribution in [1.29, 1.82) is 0 Å². The maximum Gasteiger partial charge on any atom is 0.311 e. The minimum absolute atomic E-state index is 0.0359. The normalized spacial score (nSPS) is 20.4. The van der Waals surface area contributed by atoms with Crippen molar-refractivity contribution in [2.45, 2.75) is 293 Å². The number of hydrogen-bond donors (Lipinski definition) is 0. The van der Waals surface area contributed by atoms with Crippen LogP contribution in [0.5, 0.6) is 11.5 Å². The third-order valence-corrected chi connectivity index (χ3v) is 18.3. The molecule has 2 saturated heterocycles. The highest BCUT2D eigenvalue weighted by Gasteiger charge is 2.58. The summed E-state index contributed by atoms with van der Waals surface area (Å²) in [5.41, 5.74) is -3.18. The maximum absolute atomic E-state index is 14.3. The van der Waals surface area contributed by atoms with E-state index in [1.807, 2.05) is 48.5 Å². The van der Waals surface area contributed by atoms with Gasteiger partial charge in [0.05, 0.1) is 69.4 Å². The summed E-state index contributed by atoms with van der Waals surface area (Å²) in [6, 6.07) is 25.9. The lowest BCUT2D eigenvalue weighted by atomic mass is 9.93. The lowest BCUT2D eigenvalue weighted by Gasteiger charge is -2.45. The maximum atomic E-state index is 14.3. The van der Waals surface area contributed by atoms with Crippen molar-refractivity contribution in [1.82, 2.24) is 0 Å². The monoisotopic (exact) mass is 1590 g/mol. The first-order valence-corrected chi connectivity index (χ1v) is 39.6. The van der Waals surface area contributed by atoms with Crippen LogP contribution in [0.25, 0.3) is 22.3 Å². The lowest BCUT2D eigenvalue weighted by molar-refractivity contribution is -0.293. The topological polar surface area (TPSA) is 300 Å². The fraction of sp³-hybridized carbons (Fsp3) is 0.622. The molecule has 0 amide bonds. The molecule has 0 aliphatic carbocycles. The Balaban J connectivity index is 1.40. The molecular weight excluding hydrogens is 1460 g/mol. The van der Waals surface area contributed by atoms with Crippen molar-refractivity contribution < 1.29 is 114 Å². The van der Waals surface area contributed by atoms with Gasteiger partial charge in [0.15, 0.2) is 24.4 Å². The smallest absolute Gasteiger partial charge is 0.311 e. The van der Waals surface area contributed by atoms with Gasteiger partial charge in [-0.2, -0.15) is 0 Å². The molecule has 2 heterocycles. The number of carbonyl (C=O) groups is 10. The van der Waals surface area contributed by atoms with Gasteiger partial charge in [0.2, 0.25) is 24.8 Å². The molecule has 6 rings (SSSR count). The Kier molecular flexibility index (Phi) is 31.9. The number of unbranched alkanes of at least 4 members (excludes halogenated alkanes) is 3. The van der Waals surface area contributed by atoms with Gasteiger partial charge in [-0.05, 0) is 263 Å². The molecule has 2 aliphatic heterocycles. The summed E-state index contributed by atoms with van der Waals surface area (Å²) >= 11 is 0. The van der Waals surface area contributed by atoms with Crippen LogP contribution in [0.3, 0.4) is 0 Å². The molecule has 0 radical (unpaired) electrons. The molecule has 2 fully saturated rings. The van der Waals surface area contributed by atoms with E-state index < -0.39 is 178 Å². The Morgan fingerprint density at radius 1 is 0.307 bits per heavy atom. The minimum atomic E-state index is -1.61. The standard InChI is InChI=1S/C90H126O24/c1-27-101-65(91)49-55-37-33-39-57(45-55)59-47-53(41-43-61(59)105-73-71(113-81(99)89(21,22)23)69(111-79(97)87(15,16)17)67(109-77(95)85(9,10)11)63(107-73)51-103-75(93)83(3,4)5)35-31-29-30-32-36-54-42-44-62(60(48-54)58-40-34-38-56(46-58)50-66(92)102-28-2)106-74-72(114-82(100)90(24,25)26)70(112-80(98)88(18,19)20)68(110-78(96)86(12,13)14)64(108-74)52-104-76(94)84(6,7)8/h33-34,37-48,63-64,67-74H,27-32,35-36,49-52H2,1-26H3/t63-,64-,67-,68-,69+,70+,71+,72+,73+,74+/m1/s1. The van der Waals surface area contributed by atoms with E-state index in [1.165, 1.54) is 0 Å². The molecular formula is C90H126O24. The highest BCUT2D eigenvalue weighted by molar-refractivity contribution is 5.82. The number of rotatable bonds is 29. The van der Waals surface area contributed by atoms with E-state index in [0.29, 0.717) is 46.2 Å². The summed E-state index contributed by atoms with van der Waals surface area (Å²) in [5, 5.41) is 0. The van der Waals surface area contributed by atoms with Gasteiger partial charge in [0, 0.05) is 11.1 Å². The molecule has 114 heavy (non-hydrogen) atoms. The van der Waals surface area contributed by atoms with Gasteiger partial charge >= 0.3 is 59.7 Å². The van der Waals surface area contributed by atoms with Crippen molar-refractivity contribution in [3.63, 3.8) is 0 Å². The van der Waals surface area contributed by atoms with E-state index in [2.05, 4.69) is 0 Å². The van der Waals surface area contributed by atoms with Gasteiger partial charge in [0.1, 0.15) is 36.9 Å². The Bertz CT molecular complexity index is 3760. The number of esters is 10. The molecule has 630 valence electrons. The molecule has 0 N–H and O–H groups in total. The largest absolute Gasteiger partial charge is 0.466 e. The highest BCUT2D eigenvalue weighted by Crippen LogP contribution is 2.42. The molecule has 4 aromatic rings. The first kappa shape index (κ1) is 94.0. The van der Waals surface area contributed by atoms with Gasteiger partial charge in [-0.3, -0.25) is 47.9 Å². The predicted molar refractivity (Wildman–Crippen MR) is 426 cm³/mol. The summed E-state index contributed by atoms with van der Waals surface area (Å²) < 4.78 is 87.7. The van der Waals surface area contributed by atoms with E-state index in [0.717, 1.165) is 36.8 Å². The van der Waals surface area contributed by atoms with Crippen LogP contribution in [-0.2, 0) is 130 Å². The lowest BCUT2D eigenvalue weighted by Crippen LogP contribution is -2.65. The van der Waals surface area contributed by atoms with Crippen LogP contribution in [0.15, 0.2) is 84.9 Å². The van der Waals surface area contributed by atoms with Crippen LogP contribution in [0.4, 0.5) is 0 Å². The molecule has 0 aromatic heterocycles. The molecule has 24 nitrogen and oxygen atoms in total. The van der Waals surface area contributed by atoms with Gasteiger partial charge in [-0.15, -0.1) is 0 Å². The quantitative estimate of drug-likeness (QED) is 0.0277. The summed E-state index contributed by atoms with van der Waals surface area (Å²) in [4.78, 5) is 138. The zero-order valence-electron chi connectivity index (χ0n) is 72.1. The van der Waals surface area contributed by atoms with Crippen LogP contribution >= 0.6 is 0 Å². The molecule has 0 unspecified atom stereocenters. The van der Waals surface area contributed by atoms with Crippen molar-refractivity contribution in [2.75, 3.05) is 26.4 Å². The second-order valence-electron chi connectivity index (χ2n) is 37.7. The Labute approximate surface area is 674 Å². The molecule has 0 saturated carbocycles. The van der Waals surface area contributed by atoms with E-state index in [1.54, 1.807) is 216 Å². The van der Waals surface area contributed by atoms with Gasteiger partial charge < -0.3 is 66.3 Å². The first-order chi connectivity index (χ1) is 52.6. The van der Waals surface area contributed by atoms with Crippen LogP contribution in [-0.4, -0.2) is 148 Å². The summed E-state index contributed by atoms with van der Waals surface area (Å²) in [6.45, 7) is 42.5. The second kappa shape index (κ2) is 38.7. The average Bonchev–Trinajstić information content (AvgIpc) is 0.764. The molecule has 10 atom stereocenters. The van der Waals surface area contributed by atoms with Crippen LogP contribution in [0, 0.1) is 43.3 Å². The zero-order valence-corrected chi connectivity index (χ0v) is 72.1. The number of carbonyl (C=O) groups excluding carboxylic acids is 10. The Hall–Kier alpha value is -8.90. The Morgan fingerprint density at radius 2 is 0.588 bits per heavy atom. The van der Waals surface area contributed by atoms with Crippen molar-refractivity contribution in [3.05, 3.63) is 107 Å². The third kappa shape index (κ3) is 27.4. The zero-order chi connectivity index (χ0) is 85.6. The van der Waals surface area contributed by atoms with Gasteiger partial charge in [-0.1, -0.05) is 73.5 Å². The average molecular weight is 1590 g/mol. The second-order valence-corrected chi connectivity index (χ2v) is 37.7. The predicted octanol–water partition coefficient (Wildman–Crippen LogP) is 15.7. The number of benzene rings is 4. The fourth-order valence-corrected chi connectivity index (χ4v) is 11.4. The third-order valence-electron chi connectivity index (χ3n) is 18.3. The number of ether oxygens (including phenoxy) is 14. The van der Waals surface area contributed by atoms with E-state index in [-0.39, 0.29) is 37.6 Å². The fourth-order valence-electron chi connectivity index (χ4n) is 11.4. The van der Waals surface area contributed by atoms with Crippen LogP contribution < -0.4 is 9.47 Å². The summed E-state index contributed by atoms with van der Waals surface area (Å²) in [5.74, 6) is -5.96. The molecule has 2 aliphatic rings. The van der Waals surface area contributed by atoms with Gasteiger partial charge in [-0.25, -0.2) is 0 Å². The Morgan fingerprint density at radius 3 is 0.868 bits per heavy atom. The van der Waals surface area contributed by atoms with E-state index in [4.69, 9.17) is 66.3 Å². The SMILES string of the molecule is CCOC(=O)Cc1cccc(-c2cc(CCCCCCc3ccc(O[C@H]4O[C@H](COC(=O)C(C)(C)C)[C@@H](OC(=O)C(C)(C)C)[C@H](OC(=O)C(C)(C)C)[C@@H]4OC(=O)C(C)(C)C)c(-c4cccc(CC(=O)OCC)c4)c3)ccc2O[C@H]2O[C@H](COC(=O)C(C)(C)C)[C@@H](OC(=O)C(C)(C)C)[C@H](OC(=O)C(C)(C)C)[C@@H]2OC(=O)C(C)(C)C)c1. The van der Waals surface area contributed by atoms with Crippen molar-refractivity contribution in [3.8, 4) is 33.8 Å². The molecule has 0 bridgehead atoms. The molecule has 4 aromatic carbocycles. The molecule has 24 heteroatoms. The van der Waals surface area contributed by atoms with Crippen LogP contribution in [0.1, 0.15) is 228 Å². The highest BCUT2D eigenvalue weighted by atomic mass is 16.8. The number of hydrogen-bond acceptors (Lipinski definition) is 24. The minimum Gasteiger partial charge on any atom is -0.466 e. The van der Waals surface area contributed by atoms with Crippen LogP contribution in [0.2, 0.25) is 0 Å². The van der Waals surface area contributed by atoms with E-state index >= 15 is 0 Å². The van der Waals surface area contributed by atoms with Crippen molar-refractivity contribution in [2.24, 2.45) is 43.3 Å². The van der Waals surface area contributed by atoms with Gasteiger partial charge in [0.25, 0.3) is 0 Å².